The first-order valence-electron chi connectivity index (χ1n) is 10.0. The fourth-order valence-electron chi connectivity index (χ4n) is 3.38. The van der Waals surface area contributed by atoms with E-state index in [2.05, 4.69) is 15.5 Å². The number of nitrogens with one attached hydrogen (secondary N) is 1. The van der Waals surface area contributed by atoms with Crippen molar-refractivity contribution in [1.29, 1.82) is 0 Å². The van der Waals surface area contributed by atoms with Crippen molar-refractivity contribution in [3.8, 4) is 5.75 Å². The molecule has 1 aliphatic rings. The molecule has 2 amide bonds. The van der Waals surface area contributed by atoms with Gasteiger partial charge in [0.05, 0.1) is 0 Å². The summed E-state index contributed by atoms with van der Waals surface area (Å²) in [6.07, 6.45) is 1.68. The molecule has 1 fully saturated rings. The van der Waals surface area contributed by atoms with Gasteiger partial charge in [0.15, 0.2) is 6.61 Å². The number of carbonyl (C=O) groups is 2. The van der Waals surface area contributed by atoms with E-state index in [0.29, 0.717) is 29.5 Å². The van der Waals surface area contributed by atoms with Crippen molar-refractivity contribution in [2.45, 2.75) is 18.8 Å². The molecule has 1 aliphatic heterocycles. The largest absolute Gasteiger partial charge is 0.484 e. The Labute approximate surface area is 193 Å². The van der Waals surface area contributed by atoms with Crippen LogP contribution in [0.4, 0.5) is 10.1 Å². The third-order valence-corrected chi connectivity index (χ3v) is 6.37. The number of amides is 2. The van der Waals surface area contributed by atoms with Gasteiger partial charge in [-0.2, -0.15) is 0 Å². The highest BCUT2D eigenvalue weighted by Gasteiger charge is 2.28. The maximum atomic E-state index is 13.0. The molecule has 1 aromatic heterocycles. The van der Waals surface area contributed by atoms with Crippen LogP contribution in [0.5, 0.6) is 5.75 Å². The Kier molecular flexibility index (Phi) is 6.96. The van der Waals surface area contributed by atoms with Crippen molar-refractivity contribution >= 4 is 40.4 Å². The van der Waals surface area contributed by atoms with Gasteiger partial charge in [-0.05, 0) is 61.4 Å². The van der Waals surface area contributed by atoms with Crippen LogP contribution in [-0.4, -0.2) is 46.6 Å². The quantitative estimate of drug-likeness (QED) is 0.573. The summed E-state index contributed by atoms with van der Waals surface area (Å²) in [5.74, 6) is -0.403. The summed E-state index contributed by atoms with van der Waals surface area (Å²) < 4.78 is 18.5. The van der Waals surface area contributed by atoms with Gasteiger partial charge >= 0.3 is 0 Å². The van der Waals surface area contributed by atoms with Gasteiger partial charge in [0.25, 0.3) is 11.8 Å². The number of ether oxygens (including phenoxy) is 1. The molecule has 1 saturated heterocycles. The first kappa shape index (κ1) is 22.2. The van der Waals surface area contributed by atoms with Gasteiger partial charge in [-0.3, -0.25) is 9.59 Å². The average Bonchev–Trinajstić information content (AvgIpc) is 3.31. The minimum absolute atomic E-state index is 0.00750. The molecule has 32 heavy (non-hydrogen) atoms. The fourth-order valence-corrected chi connectivity index (χ4v) is 4.37. The van der Waals surface area contributed by atoms with E-state index in [4.69, 9.17) is 16.3 Å². The van der Waals surface area contributed by atoms with Crippen molar-refractivity contribution < 1.29 is 18.7 Å². The highest BCUT2D eigenvalue weighted by Crippen LogP contribution is 2.29. The van der Waals surface area contributed by atoms with Crippen molar-refractivity contribution in [3.05, 3.63) is 69.4 Å². The Balaban J connectivity index is 1.33. The number of carbonyl (C=O) groups excluding carboxylic acids is 2. The molecule has 166 valence electrons. The second-order valence-corrected chi connectivity index (χ2v) is 8.77. The molecule has 2 heterocycles. The van der Waals surface area contributed by atoms with E-state index in [1.54, 1.807) is 29.2 Å². The Hall–Kier alpha value is -3.04. The van der Waals surface area contributed by atoms with Gasteiger partial charge in [-0.15, -0.1) is 10.2 Å². The normalized spacial score (nSPS) is 15.9. The summed E-state index contributed by atoms with van der Waals surface area (Å²) in [6, 6.07) is 12.3. The van der Waals surface area contributed by atoms with E-state index in [0.717, 1.165) is 17.8 Å². The van der Waals surface area contributed by atoms with Gasteiger partial charge in [0.1, 0.15) is 16.6 Å². The third kappa shape index (κ3) is 5.60. The number of rotatable bonds is 6. The Morgan fingerprint density at radius 3 is 2.66 bits per heavy atom. The number of benzene rings is 2. The lowest BCUT2D eigenvalue weighted by molar-refractivity contribution is -0.134. The molecule has 0 unspecified atom stereocenters. The van der Waals surface area contributed by atoms with Crippen LogP contribution in [0.2, 0.25) is 5.02 Å². The lowest BCUT2D eigenvalue weighted by atomic mass is 9.99. The summed E-state index contributed by atoms with van der Waals surface area (Å²) >= 11 is 7.09. The molecule has 0 saturated carbocycles. The molecular weight excluding hydrogens is 455 g/mol. The predicted octanol–water partition coefficient (Wildman–Crippen LogP) is 4.37. The molecule has 7 nitrogen and oxygen atoms in total. The van der Waals surface area contributed by atoms with Crippen LogP contribution in [0.3, 0.4) is 0 Å². The molecule has 0 bridgehead atoms. The number of nitrogens with zero attached hydrogens (tertiary/aromatic N) is 3. The maximum absolute atomic E-state index is 13.0. The van der Waals surface area contributed by atoms with E-state index < -0.39 is 0 Å². The lowest BCUT2D eigenvalue weighted by Crippen LogP contribution is -2.41. The summed E-state index contributed by atoms with van der Waals surface area (Å²) in [5, 5.41) is 12.6. The lowest BCUT2D eigenvalue weighted by Gasteiger charge is -2.31. The average molecular weight is 475 g/mol. The second-order valence-electron chi connectivity index (χ2n) is 7.33. The number of aromatic nitrogens is 2. The summed E-state index contributed by atoms with van der Waals surface area (Å²) in [7, 11) is 0. The van der Waals surface area contributed by atoms with Crippen molar-refractivity contribution in [1.82, 2.24) is 15.1 Å². The van der Waals surface area contributed by atoms with Crippen LogP contribution in [0, 0.1) is 5.82 Å². The monoisotopic (exact) mass is 474 g/mol. The topological polar surface area (TPSA) is 84.4 Å². The van der Waals surface area contributed by atoms with Crippen molar-refractivity contribution in [2.24, 2.45) is 0 Å². The number of anilines is 1. The van der Waals surface area contributed by atoms with Gasteiger partial charge in [0, 0.05) is 29.7 Å². The Bertz CT molecular complexity index is 1090. The minimum Gasteiger partial charge on any atom is -0.484 e. The standard InChI is InChI=1S/C22H20ClFN4O3S/c23-15-3-7-17(8-4-15)25-20(30)22-27-26-21(32-22)14-2-1-11-28(12-14)19(29)13-31-18-9-5-16(24)6-10-18/h3-10,14H,1-2,11-13H2,(H,25,30)/t14-/m1/s1. The van der Waals surface area contributed by atoms with Crippen LogP contribution < -0.4 is 10.1 Å². The molecule has 1 atom stereocenters. The zero-order chi connectivity index (χ0) is 22.5. The zero-order valence-corrected chi connectivity index (χ0v) is 18.5. The molecule has 0 spiro atoms. The molecule has 0 aliphatic carbocycles. The van der Waals surface area contributed by atoms with Crippen LogP contribution in [0.15, 0.2) is 48.5 Å². The van der Waals surface area contributed by atoms with E-state index in [1.807, 2.05) is 0 Å². The van der Waals surface area contributed by atoms with Crippen LogP contribution in [0.25, 0.3) is 0 Å². The predicted molar refractivity (Wildman–Crippen MR) is 120 cm³/mol. The van der Waals surface area contributed by atoms with E-state index in [1.165, 1.54) is 35.6 Å². The molecule has 1 N–H and O–H groups in total. The van der Waals surface area contributed by atoms with E-state index in [9.17, 15) is 14.0 Å². The van der Waals surface area contributed by atoms with Gasteiger partial charge < -0.3 is 15.0 Å². The minimum atomic E-state index is -0.360. The number of piperidine rings is 1. The Morgan fingerprint density at radius 2 is 1.91 bits per heavy atom. The van der Waals surface area contributed by atoms with Crippen LogP contribution in [0.1, 0.15) is 33.6 Å². The van der Waals surface area contributed by atoms with E-state index in [-0.39, 0.29) is 35.2 Å². The third-order valence-electron chi connectivity index (χ3n) is 5.04. The fraction of sp³-hybridized carbons (Fsp3) is 0.273. The highest BCUT2D eigenvalue weighted by atomic mass is 35.5. The first-order valence-corrected chi connectivity index (χ1v) is 11.2. The SMILES string of the molecule is O=C(Nc1ccc(Cl)cc1)c1nnc([C@@H]2CCCN(C(=O)COc3ccc(F)cc3)C2)s1. The van der Waals surface area contributed by atoms with Gasteiger partial charge in [-0.1, -0.05) is 22.9 Å². The van der Waals surface area contributed by atoms with Gasteiger partial charge in [0.2, 0.25) is 5.01 Å². The first-order chi connectivity index (χ1) is 15.5. The molecule has 4 rings (SSSR count). The summed E-state index contributed by atoms with van der Waals surface area (Å²) in [5.41, 5.74) is 0.617. The smallest absolute Gasteiger partial charge is 0.286 e. The van der Waals surface area contributed by atoms with Gasteiger partial charge in [-0.25, -0.2) is 4.39 Å². The summed E-state index contributed by atoms with van der Waals surface area (Å²) in [4.78, 5) is 26.8. The molecule has 2 aromatic carbocycles. The number of halogens is 2. The molecular formula is C22H20ClFN4O3S. The number of hydrogen-bond donors (Lipinski definition) is 1. The Morgan fingerprint density at radius 1 is 1.16 bits per heavy atom. The van der Waals surface area contributed by atoms with E-state index >= 15 is 0 Å². The number of hydrogen-bond acceptors (Lipinski definition) is 6. The summed E-state index contributed by atoms with van der Waals surface area (Å²) in [6.45, 7) is 0.993. The number of likely N-dealkylation sites (tertiary alicyclic amines) is 1. The maximum Gasteiger partial charge on any atom is 0.286 e. The highest BCUT2D eigenvalue weighted by molar-refractivity contribution is 7.13. The van der Waals surface area contributed by atoms with Crippen LogP contribution in [-0.2, 0) is 4.79 Å². The second kappa shape index (κ2) is 10.1. The zero-order valence-electron chi connectivity index (χ0n) is 17.0. The molecule has 10 heteroatoms. The molecule has 0 radical (unpaired) electrons. The van der Waals surface area contributed by atoms with Crippen molar-refractivity contribution in [2.75, 3.05) is 25.0 Å². The van der Waals surface area contributed by atoms with Crippen LogP contribution >= 0.6 is 22.9 Å². The molecule has 3 aromatic rings. The van der Waals surface area contributed by atoms with Crippen molar-refractivity contribution in [3.63, 3.8) is 0 Å².